The van der Waals surface area contributed by atoms with Crippen LogP contribution in [0.15, 0.2) is 205 Å². The number of rotatable bonds is 6. The predicted octanol–water partition coefficient (Wildman–Crippen LogP) is 16.8. The molecule has 0 atom stereocenters. The third kappa shape index (κ3) is 5.30. The molecule has 0 radical (unpaired) electrons. The molecule has 0 spiro atoms. The van der Waals surface area contributed by atoms with Crippen LogP contribution in [-0.4, -0.2) is 0 Å². The lowest BCUT2D eigenvalue weighted by Crippen LogP contribution is -2.10. The first-order valence-corrected chi connectivity index (χ1v) is 21.2. The molecular weight excluding hydrogens is 743 g/mol. The lowest BCUT2D eigenvalue weighted by Gasteiger charge is -2.26. The summed E-state index contributed by atoms with van der Waals surface area (Å²) in [6, 6.07) is 72.5. The molecular formula is C54H33NOS2. The van der Waals surface area contributed by atoms with E-state index in [0.29, 0.717) is 0 Å². The van der Waals surface area contributed by atoms with E-state index in [9.17, 15) is 0 Å². The molecule has 9 aromatic carbocycles. The first-order valence-electron chi connectivity index (χ1n) is 19.6. The van der Waals surface area contributed by atoms with Crippen molar-refractivity contribution < 1.29 is 4.42 Å². The third-order valence-corrected chi connectivity index (χ3v) is 13.9. The molecule has 0 aliphatic rings. The molecule has 3 aromatic heterocycles. The van der Waals surface area contributed by atoms with Gasteiger partial charge in [0.2, 0.25) is 0 Å². The number of fused-ring (bicyclic) bond motifs is 9. The maximum absolute atomic E-state index is 6.70. The Morgan fingerprint density at radius 2 is 0.931 bits per heavy atom. The summed E-state index contributed by atoms with van der Waals surface area (Å²) < 4.78 is 11.9. The number of hydrogen-bond acceptors (Lipinski definition) is 4. The molecule has 0 aliphatic carbocycles. The smallest absolute Gasteiger partial charge is 0.159 e. The van der Waals surface area contributed by atoms with E-state index in [2.05, 4.69) is 199 Å². The van der Waals surface area contributed by atoms with Gasteiger partial charge in [0, 0.05) is 52.1 Å². The highest BCUT2D eigenvalue weighted by Gasteiger charge is 2.23. The zero-order valence-electron chi connectivity index (χ0n) is 31.2. The maximum atomic E-state index is 6.70. The Labute approximate surface area is 343 Å². The van der Waals surface area contributed by atoms with Crippen molar-refractivity contribution in [3.8, 4) is 33.4 Å². The fourth-order valence-corrected chi connectivity index (χ4v) is 11.2. The number of thiophene rings is 2. The van der Waals surface area contributed by atoms with Crippen LogP contribution in [0.4, 0.5) is 17.1 Å². The topological polar surface area (TPSA) is 16.4 Å². The van der Waals surface area contributed by atoms with Crippen molar-refractivity contribution in [2.24, 2.45) is 0 Å². The van der Waals surface area contributed by atoms with E-state index in [0.717, 1.165) is 39.0 Å². The molecule has 12 aromatic rings. The van der Waals surface area contributed by atoms with Crippen molar-refractivity contribution in [1.82, 2.24) is 0 Å². The van der Waals surface area contributed by atoms with Crippen LogP contribution in [0.3, 0.4) is 0 Å². The summed E-state index contributed by atoms with van der Waals surface area (Å²) in [6.45, 7) is 0. The molecule has 0 N–H and O–H groups in total. The van der Waals surface area contributed by atoms with Crippen LogP contribution in [0, 0.1) is 0 Å². The van der Waals surface area contributed by atoms with Crippen molar-refractivity contribution >= 4 is 102 Å². The Hall–Kier alpha value is -6.98. The number of para-hydroxylation sites is 2. The second kappa shape index (κ2) is 13.3. The van der Waals surface area contributed by atoms with Gasteiger partial charge in [-0.05, 0) is 75.8 Å². The van der Waals surface area contributed by atoms with Crippen LogP contribution in [0.2, 0.25) is 0 Å². The normalized spacial score (nSPS) is 11.8. The number of hydrogen-bond donors (Lipinski definition) is 0. The van der Waals surface area contributed by atoms with Crippen LogP contribution in [-0.2, 0) is 0 Å². The molecule has 0 amide bonds. The van der Waals surface area contributed by atoms with E-state index in [1.165, 1.54) is 73.7 Å². The van der Waals surface area contributed by atoms with Crippen molar-refractivity contribution in [3.63, 3.8) is 0 Å². The summed E-state index contributed by atoms with van der Waals surface area (Å²) in [5.74, 6) is 0. The zero-order chi connectivity index (χ0) is 38.2. The van der Waals surface area contributed by atoms with Crippen molar-refractivity contribution in [3.05, 3.63) is 200 Å². The molecule has 272 valence electrons. The van der Waals surface area contributed by atoms with Crippen molar-refractivity contribution in [2.75, 3.05) is 4.90 Å². The van der Waals surface area contributed by atoms with Crippen LogP contribution in [0.1, 0.15) is 0 Å². The van der Waals surface area contributed by atoms with E-state index in [1.54, 1.807) is 0 Å². The van der Waals surface area contributed by atoms with Gasteiger partial charge in [0.15, 0.2) is 5.58 Å². The number of furan rings is 1. The standard InChI is InChI=1S/C54H33NOS2/c1-2-11-37(12-3-1)40-15-8-17-45-46-18-10-20-48(54(46)58-53(40)45)55(47-19-9-16-44-41-13-4-6-21-49(41)56-52(44)47)39-30-27-35(28-31-39)34-23-25-36(26-24-34)38-29-32-43-42-14-5-7-22-50(42)57-51(43)33-38/h1-33H. The molecule has 58 heavy (non-hydrogen) atoms. The summed E-state index contributed by atoms with van der Waals surface area (Å²) in [4.78, 5) is 2.39. The summed E-state index contributed by atoms with van der Waals surface area (Å²) in [5.41, 5.74) is 12.3. The van der Waals surface area contributed by atoms with Gasteiger partial charge in [0.05, 0.1) is 16.1 Å². The van der Waals surface area contributed by atoms with Gasteiger partial charge in [-0.1, -0.05) is 158 Å². The highest BCUT2D eigenvalue weighted by atomic mass is 32.1. The Balaban J connectivity index is 0.975. The highest BCUT2D eigenvalue weighted by molar-refractivity contribution is 7.27. The molecule has 0 saturated heterocycles. The van der Waals surface area contributed by atoms with Crippen LogP contribution in [0.25, 0.3) is 95.7 Å². The molecule has 0 fully saturated rings. The van der Waals surface area contributed by atoms with Crippen LogP contribution in [0.5, 0.6) is 0 Å². The van der Waals surface area contributed by atoms with Gasteiger partial charge in [-0.3, -0.25) is 0 Å². The fourth-order valence-electron chi connectivity index (χ4n) is 8.71. The van der Waals surface area contributed by atoms with E-state index >= 15 is 0 Å². The molecule has 0 saturated carbocycles. The molecule has 3 heterocycles. The minimum absolute atomic E-state index is 0.875. The zero-order valence-corrected chi connectivity index (χ0v) is 32.9. The summed E-state index contributed by atoms with van der Waals surface area (Å²) in [6.07, 6.45) is 0. The van der Waals surface area contributed by atoms with E-state index in [4.69, 9.17) is 4.42 Å². The van der Waals surface area contributed by atoms with E-state index in [1.807, 2.05) is 28.7 Å². The van der Waals surface area contributed by atoms with Gasteiger partial charge in [-0.2, -0.15) is 0 Å². The van der Waals surface area contributed by atoms with Gasteiger partial charge < -0.3 is 9.32 Å². The van der Waals surface area contributed by atoms with Crippen molar-refractivity contribution in [1.29, 1.82) is 0 Å². The van der Waals surface area contributed by atoms with Gasteiger partial charge >= 0.3 is 0 Å². The Bertz CT molecular complexity index is 3500. The Morgan fingerprint density at radius 3 is 1.74 bits per heavy atom. The average Bonchev–Trinajstić information content (AvgIpc) is 3.99. The molecule has 0 unspecified atom stereocenters. The van der Waals surface area contributed by atoms with Crippen LogP contribution < -0.4 is 4.90 Å². The fraction of sp³-hybridized carbons (Fsp3) is 0. The molecule has 0 aliphatic heterocycles. The predicted molar refractivity (Wildman–Crippen MR) is 250 cm³/mol. The van der Waals surface area contributed by atoms with E-state index < -0.39 is 0 Å². The number of anilines is 3. The number of nitrogens with zero attached hydrogens (tertiary/aromatic N) is 1. The minimum Gasteiger partial charge on any atom is -0.454 e. The molecule has 0 bridgehead atoms. The number of benzene rings is 9. The maximum Gasteiger partial charge on any atom is 0.159 e. The minimum atomic E-state index is 0.875. The lowest BCUT2D eigenvalue weighted by atomic mass is 9.99. The van der Waals surface area contributed by atoms with Crippen molar-refractivity contribution in [2.45, 2.75) is 0 Å². The Morgan fingerprint density at radius 1 is 0.345 bits per heavy atom. The lowest BCUT2D eigenvalue weighted by molar-refractivity contribution is 0.669. The van der Waals surface area contributed by atoms with Gasteiger partial charge in [-0.15, -0.1) is 22.7 Å². The molecule has 4 heteroatoms. The summed E-state index contributed by atoms with van der Waals surface area (Å²) in [5, 5.41) is 7.41. The average molecular weight is 776 g/mol. The van der Waals surface area contributed by atoms with Crippen LogP contribution >= 0.6 is 22.7 Å². The second-order valence-corrected chi connectivity index (χ2v) is 16.9. The summed E-state index contributed by atoms with van der Waals surface area (Å²) in [7, 11) is 0. The van der Waals surface area contributed by atoms with E-state index in [-0.39, 0.29) is 0 Å². The summed E-state index contributed by atoms with van der Waals surface area (Å²) >= 11 is 3.73. The second-order valence-electron chi connectivity index (χ2n) is 14.8. The van der Waals surface area contributed by atoms with Gasteiger partial charge in [0.25, 0.3) is 0 Å². The van der Waals surface area contributed by atoms with Gasteiger partial charge in [0.1, 0.15) is 5.58 Å². The Kier molecular flexibility index (Phi) is 7.62. The first kappa shape index (κ1) is 33.2. The van der Waals surface area contributed by atoms with Gasteiger partial charge in [-0.25, -0.2) is 0 Å². The largest absolute Gasteiger partial charge is 0.454 e. The SMILES string of the molecule is c1ccc(-c2cccc3c2sc2c(N(c4ccc(-c5ccc(-c6ccc7c(c6)sc6ccccc67)cc5)cc4)c4cccc5c4oc4ccccc45)cccc23)cc1. The monoisotopic (exact) mass is 775 g/mol. The molecule has 2 nitrogen and oxygen atoms in total. The molecule has 12 rings (SSSR count). The highest BCUT2D eigenvalue weighted by Crippen LogP contribution is 2.49. The first-order chi connectivity index (χ1) is 28.7. The quantitative estimate of drug-likeness (QED) is 0.167. The third-order valence-electron chi connectivity index (χ3n) is 11.5.